The Balaban J connectivity index is 1.53. The first kappa shape index (κ1) is 15.7. The second kappa shape index (κ2) is 4.72. The predicted molar refractivity (Wildman–Crippen MR) is 96.8 cm³/mol. The molecule has 2 saturated heterocycles. The number of hydrogen-bond acceptors (Lipinski definition) is 3. The van der Waals surface area contributed by atoms with Crippen LogP contribution in [0.15, 0.2) is 12.2 Å². The van der Waals surface area contributed by atoms with Crippen LogP contribution in [0.1, 0.15) is 58.3 Å². The van der Waals surface area contributed by atoms with Gasteiger partial charge in [-0.3, -0.25) is 4.90 Å². The standard InChI is InChI=1S/C22H33NO2/c1-14-15-4-8-21(18(14)24)9-5-16-20(2)6-3-7-22(16,17(21)12-15)19-23(13-20)10-11-25-19/h15-19,24H,1,3-13H2,2H3/t15-,16+,17+,18+,19?,20-,21-,22-/m0/s1. The maximum absolute atomic E-state index is 11.3. The molecule has 0 radical (unpaired) electrons. The van der Waals surface area contributed by atoms with Crippen LogP contribution in [-0.2, 0) is 4.74 Å². The lowest BCUT2D eigenvalue weighted by Crippen LogP contribution is -2.73. The fraction of sp³-hybridized carbons (Fsp3) is 0.909. The maximum Gasteiger partial charge on any atom is 0.117 e. The fourth-order valence-electron chi connectivity index (χ4n) is 9.23. The van der Waals surface area contributed by atoms with Gasteiger partial charge in [-0.15, -0.1) is 0 Å². The van der Waals surface area contributed by atoms with Gasteiger partial charge in [0.2, 0.25) is 0 Å². The lowest BCUT2D eigenvalue weighted by molar-refractivity contribution is -0.290. The lowest BCUT2D eigenvalue weighted by atomic mass is 9.34. The molecular formula is C22H33NO2. The van der Waals surface area contributed by atoms with Crippen LogP contribution < -0.4 is 0 Å². The van der Waals surface area contributed by atoms with Gasteiger partial charge < -0.3 is 9.84 Å². The molecule has 4 bridgehead atoms. The number of aliphatic hydroxyl groups excluding tert-OH is 1. The topological polar surface area (TPSA) is 32.7 Å². The molecule has 5 aliphatic carbocycles. The van der Waals surface area contributed by atoms with E-state index in [2.05, 4.69) is 18.4 Å². The molecule has 3 heteroatoms. The first-order valence-corrected chi connectivity index (χ1v) is 10.7. The van der Waals surface area contributed by atoms with Gasteiger partial charge in [0.25, 0.3) is 0 Å². The zero-order chi connectivity index (χ0) is 17.0. The second-order valence-electron chi connectivity index (χ2n) is 10.6. The van der Waals surface area contributed by atoms with Gasteiger partial charge >= 0.3 is 0 Å². The van der Waals surface area contributed by atoms with Gasteiger partial charge in [-0.05, 0) is 73.7 Å². The molecule has 1 N–H and O–H groups in total. The minimum absolute atomic E-state index is 0.107. The smallest absolute Gasteiger partial charge is 0.117 e. The van der Waals surface area contributed by atoms with E-state index in [9.17, 15) is 5.11 Å². The second-order valence-corrected chi connectivity index (χ2v) is 10.6. The molecule has 2 heterocycles. The Morgan fingerprint density at radius 3 is 2.88 bits per heavy atom. The van der Waals surface area contributed by atoms with E-state index in [1.165, 1.54) is 57.9 Å². The third-order valence-electron chi connectivity index (χ3n) is 10.00. The SMILES string of the molecule is C=C1[C@H]2CC[C@@]3(CC[C@@H]4[C@@]5(C)CCC[C@@]4(C4OCCN4C5)[C@@H]3C2)[C@@H]1O. The molecule has 1 unspecified atom stereocenters. The molecule has 2 aliphatic heterocycles. The molecule has 7 rings (SSSR count). The third kappa shape index (κ3) is 1.62. The van der Waals surface area contributed by atoms with Gasteiger partial charge in [0.15, 0.2) is 0 Å². The van der Waals surface area contributed by atoms with Crippen molar-refractivity contribution in [1.29, 1.82) is 0 Å². The Kier molecular flexibility index (Phi) is 2.95. The van der Waals surface area contributed by atoms with E-state index in [0.717, 1.165) is 24.6 Å². The Morgan fingerprint density at radius 1 is 1.16 bits per heavy atom. The molecule has 7 fully saturated rings. The summed E-state index contributed by atoms with van der Waals surface area (Å²) >= 11 is 0. The molecule has 0 aromatic carbocycles. The molecule has 5 saturated carbocycles. The summed E-state index contributed by atoms with van der Waals surface area (Å²) in [4.78, 5) is 2.69. The van der Waals surface area contributed by atoms with Crippen LogP contribution in [0.4, 0.5) is 0 Å². The van der Waals surface area contributed by atoms with Crippen molar-refractivity contribution in [3.05, 3.63) is 12.2 Å². The summed E-state index contributed by atoms with van der Waals surface area (Å²) in [6.45, 7) is 10.2. The Labute approximate surface area is 151 Å². The van der Waals surface area contributed by atoms with Crippen LogP contribution in [0.2, 0.25) is 0 Å². The average Bonchev–Trinajstić information content (AvgIpc) is 3.06. The number of rotatable bonds is 0. The summed E-state index contributed by atoms with van der Waals surface area (Å²) < 4.78 is 6.49. The molecule has 138 valence electrons. The molecule has 0 aromatic rings. The molecule has 0 amide bonds. The highest BCUT2D eigenvalue weighted by atomic mass is 16.5. The fourth-order valence-corrected chi connectivity index (χ4v) is 9.23. The van der Waals surface area contributed by atoms with E-state index >= 15 is 0 Å². The van der Waals surface area contributed by atoms with Crippen LogP contribution in [0, 0.1) is 34.0 Å². The number of aliphatic hydroxyl groups is 1. The minimum Gasteiger partial charge on any atom is -0.388 e. The first-order valence-electron chi connectivity index (χ1n) is 10.7. The zero-order valence-corrected chi connectivity index (χ0v) is 15.7. The van der Waals surface area contributed by atoms with Gasteiger partial charge in [0.05, 0.1) is 12.7 Å². The van der Waals surface area contributed by atoms with Crippen molar-refractivity contribution in [2.45, 2.75) is 70.6 Å². The van der Waals surface area contributed by atoms with Crippen molar-refractivity contribution in [1.82, 2.24) is 4.90 Å². The summed E-state index contributed by atoms with van der Waals surface area (Å²) in [6, 6.07) is 0. The molecule has 3 nitrogen and oxygen atoms in total. The Bertz CT molecular complexity index is 634. The van der Waals surface area contributed by atoms with E-state index in [1.807, 2.05) is 0 Å². The molecule has 1 spiro atoms. The highest BCUT2D eigenvalue weighted by Crippen LogP contribution is 2.75. The van der Waals surface area contributed by atoms with Gasteiger partial charge in [-0.2, -0.15) is 0 Å². The van der Waals surface area contributed by atoms with Gasteiger partial charge in [0.1, 0.15) is 6.23 Å². The highest BCUT2D eigenvalue weighted by molar-refractivity contribution is 5.28. The van der Waals surface area contributed by atoms with Gasteiger partial charge in [-0.25, -0.2) is 0 Å². The van der Waals surface area contributed by atoms with E-state index in [4.69, 9.17) is 4.74 Å². The lowest BCUT2D eigenvalue weighted by Gasteiger charge is -2.73. The average molecular weight is 344 g/mol. The summed E-state index contributed by atoms with van der Waals surface area (Å²) in [5.41, 5.74) is 2.02. The highest BCUT2D eigenvalue weighted by Gasteiger charge is 2.73. The molecule has 0 aromatic heterocycles. The summed E-state index contributed by atoms with van der Waals surface area (Å²) in [7, 11) is 0. The molecule has 7 aliphatic rings. The quantitative estimate of drug-likeness (QED) is 0.683. The summed E-state index contributed by atoms with van der Waals surface area (Å²) in [5.74, 6) is 1.99. The van der Waals surface area contributed by atoms with Gasteiger partial charge in [0, 0.05) is 23.9 Å². The first-order chi connectivity index (χ1) is 12.0. The van der Waals surface area contributed by atoms with Crippen molar-refractivity contribution in [2.75, 3.05) is 19.7 Å². The number of nitrogens with zero attached hydrogens (tertiary/aromatic N) is 1. The van der Waals surface area contributed by atoms with Crippen LogP contribution in [0.25, 0.3) is 0 Å². The van der Waals surface area contributed by atoms with E-state index in [-0.39, 0.29) is 11.5 Å². The van der Waals surface area contributed by atoms with Crippen LogP contribution in [0.3, 0.4) is 0 Å². The largest absolute Gasteiger partial charge is 0.388 e. The number of hydrogen-bond donors (Lipinski definition) is 1. The summed E-state index contributed by atoms with van der Waals surface area (Å²) in [6.07, 6.45) is 10.4. The van der Waals surface area contributed by atoms with E-state index in [0.29, 0.717) is 28.9 Å². The van der Waals surface area contributed by atoms with Crippen molar-refractivity contribution < 1.29 is 9.84 Å². The zero-order valence-electron chi connectivity index (χ0n) is 15.7. The third-order valence-corrected chi connectivity index (χ3v) is 10.00. The van der Waals surface area contributed by atoms with Crippen LogP contribution in [0.5, 0.6) is 0 Å². The van der Waals surface area contributed by atoms with Gasteiger partial charge in [-0.1, -0.05) is 19.9 Å². The molecule has 8 atom stereocenters. The van der Waals surface area contributed by atoms with E-state index in [1.54, 1.807) is 0 Å². The minimum atomic E-state index is -0.259. The monoisotopic (exact) mass is 343 g/mol. The van der Waals surface area contributed by atoms with Crippen molar-refractivity contribution in [3.63, 3.8) is 0 Å². The Morgan fingerprint density at radius 2 is 2.00 bits per heavy atom. The normalized spacial score (nSPS) is 60.1. The number of ether oxygens (including phenoxy) is 1. The van der Waals surface area contributed by atoms with E-state index < -0.39 is 0 Å². The Hall–Kier alpha value is -0.380. The van der Waals surface area contributed by atoms with Crippen LogP contribution >= 0.6 is 0 Å². The van der Waals surface area contributed by atoms with Crippen LogP contribution in [-0.4, -0.2) is 42.0 Å². The number of piperidine rings is 1. The number of fused-ring (bicyclic) bond motifs is 3. The van der Waals surface area contributed by atoms with Crippen molar-refractivity contribution in [3.8, 4) is 0 Å². The molecule has 25 heavy (non-hydrogen) atoms. The maximum atomic E-state index is 11.3. The predicted octanol–water partition coefficient (Wildman–Crippen LogP) is 3.58. The van der Waals surface area contributed by atoms with Crippen molar-refractivity contribution >= 4 is 0 Å². The van der Waals surface area contributed by atoms with Crippen molar-refractivity contribution in [2.24, 2.45) is 34.0 Å². The molecular weight excluding hydrogens is 310 g/mol. The summed E-state index contributed by atoms with van der Waals surface area (Å²) in [5, 5.41) is 11.3.